The molecule has 0 saturated carbocycles. The second-order valence-electron chi connectivity index (χ2n) is 20.3. The first-order chi connectivity index (χ1) is 32.5. The maximum Gasteiger partial charge on any atom is 0.305 e. The molecule has 6 heteroatoms. The van der Waals surface area contributed by atoms with Gasteiger partial charge in [0.2, 0.25) is 5.91 Å². The monoisotopic (exact) mass is 930 g/mol. The minimum absolute atomic E-state index is 0.0333. The van der Waals surface area contributed by atoms with Crippen LogP contribution in [0.1, 0.15) is 322 Å². The molecule has 2 unspecified atom stereocenters. The van der Waals surface area contributed by atoms with Gasteiger partial charge < -0.3 is 20.3 Å². The molecule has 0 bridgehead atoms. The summed E-state index contributed by atoms with van der Waals surface area (Å²) in [7, 11) is 0. The topological polar surface area (TPSA) is 95.9 Å². The van der Waals surface area contributed by atoms with Crippen LogP contribution in [0.2, 0.25) is 0 Å². The van der Waals surface area contributed by atoms with E-state index in [4.69, 9.17) is 4.74 Å². The van der Waals surface area contributed by atoms with E-state index in [1.54, 1.807) is 6.08 Å². The van der Waals surface area contributed by atoms with Gasteiger partial charge in [-0.25, -0.2) is 0 Å². The van der Waals surface area contributed by atoms with Gasteiger partial charge in [0.1, 0.15) is 0 Å². The lowest BCUT2D eigenvalue weighted by Gasteiger charge is -2.19. The average Bonchev–Trinajstić information content (AvgIpc) is 3.32. The van der Waals surface area contributed by atoms with Crippen LogP contribution in [0.3, 0.4) is 0 Å². The Morgan fingerprint density at radius 3 is 1.11 bits per heavy atom. The number of hydrogen-bond donors (Lipinski definition) is 3. The van der Waals surface area contributed by atoms with E-state index < -0.39 is 12.1 Å². The quantitative estimate of drug-likeness (QED) is 0.0321. The molecule has 0 aromatic carbocycles. The highest BCUT2D eigenvalue weighted by atomic mass is 16.5. The lowest BCUT2D eigenvalue weighted by atomic mass is 10.0. The van der Waals surface area contributed by atoms with Gasteiger partial charge in [-0.05, 0) is 51.4 Å². The van der Waals surface area contributed by atoms with Crippen molar-refractivity contribution in [1.82, 2.24) is 5.32 Å². The van der Waals surface area contributed by atoms with Gasteiger partial charge in [-0.3, -0.25) is 9.59 Å². The Balaban J connectivity index is 3.53. The number of rotatable bonds is 55. The maximum absolute atomic E-state index is 12.5. The van der Waals surface area contributed by atoms with E-state index in [2.05, 4.69) is 31.3 Å². The summed E-state index contributed by atoms with van der Waals surface area (Å²) >= 11 is 0. The zero-order valence-electron chi connectivity index (χ0n) is 44.4. The Morgan fingerprint density at radius 2 is 0.727 bits per heavy atom. The highest BCUT2D eigenvalue weighted by Gasteiger charge is 2.18. The average molecular weight is 931 g/mol. The molecule has 3 N–H and O–H groups in total. The number of allylic oxidation sites excluding steroid dienone is 3. The summed E-state index contributed by atoms with van der Waals surface area (Å²) in [6.45, 7) is 4.84. The van der Waals surface area contributed by atoms with Crippen LogP contribution in [0.15, 0.2) is 24.3 Å². The van der Waals surface area contributed by atoms with Gasteiger partial charge in [0.25, 0.3) is 0 Å². The fourth-order valence-electron chi connectivity index (χ4n) is 9.17. The summed E-state index contributed by atoms with van der Waals surface area (Å²) in [5.74, 6) is -0.158. The molecule has 2 atom stereocenters. The molecule has 66 heavy (non-hydrogen) atoms. The molecule has 0 fully saturated rings. The summed E-state index contributed by atoms with van der Waals surface area (Å²) in [5.41, 5.74) is 0. The number of esters is 1. The highest BCUT2D eigenvalue weighted by molar-refractivity contribution is 5.76. The lowest BCUT2D eigenvalue weighted by Crippen LogP contribution is -2.45. The van der Waals surface area contributed by atoms with Gasteiger partial charge >= 0.3 is 5.97 Å². The van der Waals surface area contributed by atoms with Gasteiger partial charge in [0, 0.05) is 12.8 Å². The molecule has 0 aliphatic heterocycles. The van der Waals surface area contributed by atoms with Crippen LogP contribution in [-0.2, 0) is 14.3 Å². The third-order valence-corrected chi connectivity index (χ3v) is 13.7. The van der Waals surface area contributed by atoms with Gasteiger partial charge in [0.05, 0.1) is 25.4 Å². The summed E-state index contributed by atoms with van der Waals surface area (Å²) in [4.78, 5) is 24.5. The van der Waals surface area contributed by atoms with Crippen molar-refractivity contribution in [3.63, 3.8) is 0 Å². The van der Waals surface area contributed by atoms with Crippen LogP contribution in [0.4, 0.5) is 0 Å². The van der Waals surface area contributed by atoms with E-state index >= 15 is 0 Å². The number of ether oxygens (including phenoxy) is 1. The number of unbranched alkanes of at least 4 members (excludes halogenated alkanes) is 42. The van der Waals surface area contributed by atoms with Crippen molar-refractivity contribution in [3.8, 4) is 0 Å². The van der Waals surface area contributed by atoms with Crippen molar-refractivity contribution in [3.05, 3.63) is 24.3 Å². The first kappa shape index (κ1) is 64.3. The molecule has 6 nitrogen and oxygen atoms in total. The zero-order chi connectivity index (χ0) is 47.9. The van der Waals surface area contributed by atoms with Crippen LogP contribution < -0.4 is 5.32 Å². The van der Waals surface area contributed by atoms with Crippen molar-refractivity contribution < 1.29 is 24.5 Å². The molecular weight excluding hydrogens is 815 g/mol. The Kier molecular flexibility index (Phi) is 54.5. The largest absolute Gasteiger partial charge is 0.466 e. The molecule has 0 heterocycles. The SMILES string of the molecule is CCCCCCCCCCCCCCCCCCCCCCC/C=C/C(O)C(CO)NC(=O)CCC/C=C\CCCCCCOC(=O)CCCCCCCCCCCCCCCCCCC. The second-order valence-corrected chi connectivity index (χ2v) is 20.3. The van der Waals surface area contributed by atoms with Crippen molar-refractivity contribution in [1.29, 1.82) is 0 Å². The normalized spacial score (nSPS) is 12.7. The Labute approximate surface area is 411 Å². The van der Waals surface area contributed by atoms with E-state index in [-0.39, 0.29) is 18.5 Å². The number of aliphatic hydroxyl groups excluding tert-OH is 2. The van der Waals surface area contributed by atoms with Crippen LogP contribution in [0, 0.1) is 0 Å². The molecule has 0 aliphatic rings. The fraction of sp³-hybridized carbons (Fsp3) is 0.900. The number of aliphatic hydroxyl groups is 2. The molecule has 0 aromatic rings. The minimum Gasteiger partial charge on any atom is -0.466 e. The van der Waals surface area contributed by atoms with E-state index in [1.165, 1.54) is 225 Å². The smallest absolute Gasteiger partial charge is 0.305 e. The molecule has 0 radical (unpaired) electrons. The van der Waals surface area contributed by atoms with E-state index in [1.807, 2.05) is 6.08 Å². The van der Waals surface area contributed by atoms with Gasteiger partial charge in [0.15, 0.2) is 0 Å². The van der Waals surface area contributed by atoms with Crippen molar-refractivity contribution in [2.75, 3.05) is 13.2 Å². The zero-order valence-corrected chi connectivity index (χ0v) is 44.4. The molecule has 390 valence electrons. The number of nitrogens with one attached hydrogen (secondary N) is 1. The number of amides is 1. The molecule has 0 spiro atoms. The van der Waals surface area contributed by atoms with Crippen LogP contribution in [-0.4, -0.2) is 47.4 Å². The van der Waals surface area contributed by atoms with Crippen molar-refractivity contribution >= 4 is 11.9 Å². The third kappa shape index (κ3) is 51.7. The first-order valence-electron chi connectivity index (χ1n) is 29.6. The Hall–Kier alpha value is -1.66. The molecule has 0 saturated heterocycles. The number of carbonyl (C=O) groups excluding carboxylic acids is 2. The van der Waals surface area contributed by atoms with E-state index in [0.29, 0.717) is 19.4 Å². The predicted molar refractivity (Wildman–Crippen MR) is 287 cm³/mol. The molecule has 0 rings (SSSR count). The standard InChI is InChI=1S/C60H115NO5/c1-3-5-7-9-11-13-15-17-19-21-22-23-24-25-26-28-29-31-33-36-40-44-48-52-58(63)57(56-62)61-59(64)53-49-45-41-37-35-39-43-47-51-55-66-60(65)54-50-46-42-38-34-32-30-27-20-18-16-14-12-10-8-6-4-2/h37,41,48,52,57-58,62-63H,3-36,38-40,42-47,49-51,53-56H2,1-2H3,(H,61,64)/b41-37-,52-48+. The Bertz CT molecular complexity index is 1030. The second kappa shape index (κ2) is 55.9. The molecule has 1 amide bonds. The van der Waals surface area contributed by atoms with E-state index in [0.717, 1.165) is 70.6 Å². The Morgan fingerprint density at radius 1 is 0.409 bits per heavy atom. The first-order valence-corrected chi connectivity index (χ1v) is 29.6. The van der Waals surface area contributed by atoms with Crippen LogP contribution in [0.5, 0.6) is 0 Å². The summed E-state index contributed by atoms with van der Waals surface area (Å²) in [6, 6.07) is -0.666. The van der Waals surface area contributed by atoms with Gasteiger partial charge in [-0.1, -0.05) is 282 Å². The van der Waals surface area contributed by atoms with Crippen LogP contribution >= 0.6 is 0 Å². The third-order valence-electron chi connectivity index (χ3n) is 13.7. The fourth-order valence-corrected chi connectivity index (χ4v) is 9.17. The van der Waals surface area contributed by atoms with Gasteiger partial charge in [-0.15, -0.1) is 0 Å². The lowest BCUT2D eigenvalue weighted by molar-refractivity contribution is -0.143. The highest BCUT2D eigenvalue weighted by Crippen LogP contribution is 2.17. The molecule has 0 aliphatic carbocycles. The number of carbonyl (C=O) groups is 2. The maximum atomic E-state index is 12.5. The molecule has 0 aromatic heterocycles. The van der Waals surface area contributed by atoms with Crippen molar-refractivity contribution in [2.45, 2.75) is 334 Å². The van der Waals surface area contributed by atoms with E-state index in [9.17, 15) is 19.8 Å². The summed E-state index contributed by atoms with van der Waals surface area (Å²) in [5, 5.41) is 23.1. The van der Waals surface area contributed by atoms with Crippen molar-refractivity contribution in [2.24, 2.45) is 0 Å². The van der Waals surface area contributed by atoms with Gasteiger partial charge in [-0.2, -0.15) is 0 Å². The number of hydrogen-bond acceptors (Lipinski definition) is 5. The summed E-state index contributed by atoms with van der Waals surface area (Å²) in [6.07, 6.45) is 67.9. The minimum atomic E-state index is -0.876. The summed E-state index contributed by atoms with van der Waals surface area (Å²) < 4.78 is 5.46. The van der Waals surface area contributed by atoms with Crippen LogP contribution in [0.25, 0.3) is 0 Å². The predicted octanol–water partition coefficient (Wildman–Crippen LogP) is 18.2. The molecular formula is C60H115NO5.